The molecular weight excluding hydrogens is 402 g/mol. The van der Waals surface area contributed by atoms with Crippen LogP contribution in [-0.4, -0.2) is 47.4 Å². The van der Waals surface area contributed by atoms with Crippen LogP contribution in [0.2, 0.25) is 0 Å². The first kappa shape index (κ1) is 20.2. The highest BCUT2D eigenvalue weighted by Crippen LogP contribution is 2.32. The third-order valence-corrected chi connectivity index (χ3v) is 6.14. The van der Waals surface area contributed by atoms with Crippen molar-refractivity contribution in [1.82, 2.24) is 15.2 Å². The summed E-state index contributed by atoms with van der Waals surface area (Å²) in [5, 5.41) is 2.94. The summed E-state index contributed by atoms with van der Waals surface area (Å²) in [5.41, 5.74) is 4.44. The van der Waals surface area contributed by atoms with Crippen LogP contribution in [0.3, 0.4) is 0 Å². The zero-order valence-electron chi connectivity index (χ0n) is 17.7. The molecule has 6 heteroatoms. The Balaban J connectivity index is 1.13. The van der Waals surface area contributed by atoms with Gasteiger partial charge in [-0.05, 0) is 34.9 Å². The highest BCUT2D eigenvalue weighted by Gasteiger charge is 2.32. The smallest absolute Gasteiger partial charge is 0.239 e. The Labute approximate surface area is 187 Å². The molecule has 1 N–H and O–H groups in total. The Bertz CT molecular complexity index is 1120. The normalized spacial score (nSPS) is 19.5. The summed E-state index contributed by atoms with van der Waals surface area (Å²) in [6, 6.07) is 20.1. The SMILES string of the molecule is O=C(CN1C[C@H](c2ccccc2)CC1=O)NC[C@H]1Cc2cc(-c3cccnc3)ccc2O1. The molecule has 162 valence electrons. The van der Waals surface area contributed by atoms with E-state index in [1.54, 1.807) is 11.1 Å². The largest absolute Gasteiger partial charge is 0.488 e. The molecule has 2 aliphatic heterocycles. The second kappa shape index (κ2) is 8.83. The second-order valence-corrected chi connectivity index (χ2v) is 8.40. The number of nitrogens with one attached hydrogen (secondary N) is 1. The third kappa shape index (κ3) is 4.35. The summed E-state index contributed by atoms with van der Waals surface area (Å²) >= 11 is 0. The Kier molecular flexibility index (Phi) is 5.58. The van der Waals surface area contributed by atoms with Crippen LogP contribution in [0.5, 0.6) is 5.75 Å². The molecule has 0 aliphatic carbocycles. The average Bonchev–Trinajstić information content (AvgIpc) is 3.41. The van der Waals surface area contributed by atoms with Gasteiger partial charge in [0.05, 0.1) is 13.1 Å². The van der Waals surface area contributed by atoms with Gasteiger partial charge in [-0.25, -0.2) is 0 Å². The van der Waals surface area contributed by atoms with Crippen LogP contribution in [0, 0.1) is 0 Å². The van der Waals surface area contributed by atoms with Crippen LogP contribution in [0.4, 0.5) is 0 Å². The van der Waals surface area contributed by atoms with E-state index in [1.807, 2.05) is 60.8 Å². The molecule has 1 saturated heterocycles. The number of pyridine rings is 1. The maximum atomic E-state index is 12.5. The highest BCUT2D eigenvalue weighted by atomic mass is 16.5. The fourth-order valence-electron chi connectivity index (χ4n) is 4.48. The van der Waals surface area contributed by atoms with E-state index in [1.165, 1.54) is 0 Å². The van der Waals surface area contributed by atoms with Crippen molar-refractivity contribution in [2.45, 2.75) is 24.9 Å². The molecule has 2 aliphatic rings. The number of carbonyl (C=O) groups excluding carboxylic acids is 2. The average molecular weight is 428 g/mol. The minimum absolute atomic E-state index is 0.0291. The molecule has 5 rings (SSSR count). The first-order valence-electron chi connectivity index (χ1n) is 10.9. The van der Waals surface area contributed by atoms with Gasteiger partial charge in [0, 0.05) is 43.3 Å². The standard InChI is InChI=1S/C26H25N3O3/c30-25(17-29-16-22(13-26(29)31)18-5-2-1-3-6-18)28-15-23-12-21-11-19(8-9-24(21)32-23)20-7-4-10-27-14-20/h1-11,14,22-23H,12-13,15-17H2,(H,28,30)/t22-,23-/m1/s1. The first-order valence-corrected chi connectivity index (χ1v) is 10.9. The zero-order valence-corrected chi connectivity index (χ0v) is 17.7. The van der Waals surface area contributed by atoms with E-state index in [4.69, 9.17) is 4.74 Å². The van der Waals surface area contributed by atoms with Crippen molar-refractivity contribution in [3.05, 3.63) is 84.2 Å². The van der Waals surface area contributed by atoms with Gasteiger partial charge in [0.15, 0.2) is 0 Å². The number of hydrogen-bond donors (Lipinski definition) is 1. The fraction of sp³-hybridized carbons (Fsp3) is 0.269. The first-order chi connectivity index (χ1) is 15.7. The van der Waals surface area contributed by atoms with E-state index < -0.39 is 0 Å². The maximum Gasteiger partial charge on any atom is 0.239 e. The quantitative estimate of drug-likeness (QED) is 0.656. The monoisotopic (exact) mass is 427 g/mol. The number of hydrogen-bond acceptors (Lipinski definition) is 4. The van der Waals surface area contributed by atoms with Crippen molar-refractivity contribution in [3.8, 4) is 16.9 Å². The molecule has 2 aromatic carbocycles. The van der Waals surface area contributed by atoms with E-state index in [-0.39, 0.29) is 30.4 Å². The van der Waals surface area contributed by atoms with Gasteiger partial charge in [-0.2, -0.15) is 0 Å². The summed E-state index contributed by atoms with van der Waals surface area (Å²) in [4.78, 5) is 30.7. The van der Waals surface area contributed by atoms with Gasteiger partial charge in [-0.1, -0.05) is 42.5 Å². The minimum atomic E-state index is -0.150. The topological polar surface area (TPSA) is 71.5 Å². The predicted octanol–water partition coefficient (Wildman–Crippen LogP) is 3.18. The van der Waals surface area contributed by atoms with Crippen LogP contribution in [0.1, 0.15) is 23.5 Å². The lowest BCUT2D eigenvalue weighted by Crippen LogP contribution is -2.41. The van der Waals surface area contributed by atoms with Crippen molar-refractivity contribution in [2.75, 3.05) is 19.6 Å². The summed E-state index contributed by atoms with van der Waals surface area (Å²) < 4.78 is 6.00. The van der Waals surface area contributed by atoms with Gasteiger partial charge in [0.2, 0.25) is 11.8 Å². The number of likely N-dealkylation sites (tertiary alicyclic amines) is 1. The van der Waals surface area contributed by atoms with Gasteiger partial charge in [-0.3, -0.25) is 14.6 Å². The predicted molar refractivity (Wildman–Crippen MR) is 121 cm³/mol. The fourth-order valence-corrected chi connectivity index (χ4v) is 4.48. The Morgan fingerprint density at radius 1 is 1.06 bits per heavy atom. The second-order valence-electron chi connectivity index (χ2n) is 8.40. The Hall–Kier alpha value is -3.67. The highest BCUT2D eigenvalue weighted by molar-refractivity contribution is 5.86. The van der Waals surface area contributed by atoms with Crippen molar-refractivity contribution < 1.29 is 14.3 Å². The summed E-state index contributed by atoms with van der Waals surface area (Å²) in [5.74, 6) is 0.889. The zero-order chi connectivity index (χ0) is 21.9. The van der Waals surface area contributed by atoms with Gasteiger partial charge in [0.1, 0.15) is 11.9 Å². The summed E-state index contributed by atoms with van der Waals surface area (Å²) in [7, 11) is 0. The van der Waals surface area contributed by atoms with E-state index >= 15 is 0 Å². The molecule has 0 spiro atoms. The third-order valence-electron chi connectivity index (χ3n) is 6.14. The summed E-state index contributed by atoms with van der Waals surface area (Å²) in [6.07, 6.45) is 4.69. The molecule has 1 aromatic heterocycles. The van der Waals surface area contributed by atoms with E-state index in [0.29, 0.717) is 19.5 Å². The molecule has 0 unspecified atom stereocenters. The molecule has 3 aromatic rings. The summed E-state index contributed by atoms with van der Waals surface area (Å²) in [6.45, 7) is 1.09. The maximum absolute atomic E-state index is 12.5. The van der Waals surface area contributed by atoms with Crippen LogP contribution in [-0.2, 0) is 16.0 Å². The molecule has 3 heterocycles. The molecule has 6 nitrogen and oxygen atoms in total. The molecule has 0 saturated carbocycles. The van der Waals surface area contributed by atoms with Crippen molar-refractivity contribution >= 4 is 11.8 Å². The van der Waals surface area contributed by atoms with Crippen LogP contribution in [0.25, 0.3) is 11.1 Å². The number of nitrogens with zero attached hydrogens (tertiary/aromatic N) is 2. The van der Waals surface area contributed by atoms with Gasteiger partial charge < -0.3 is 15.0 Å². The van der Waals surface area contributed by atoms with Gasteiger partial charge in [-0.15, -0.1) is 0 Å². The Morgan fingerprint density at radius 2 is 1.94 bits per heavy atom. The minimum Gasteiger partial charge on any atom is -0.488 e. The van der Waals surface area contributed by atoms with Gasteiger partial charge in [0.25, 0.3) is 0 Å². The van der Waals surface area contributed by atoms with E-state index in [9.17, 15) is 9.59 Å². The molecule has 32 heavy (non-hydrogen) atoms. The number of fused-ring (bicyclic) bond motifs is 1. The molecular formula is C26H25N3O3. The lowest BCUT2D eigenvalue weighted by atomic mass is 9.99. The molecule has 2 atom stereocenters. The molecule has 0 bridgehead atoms. The number of rotatable bonds is 6. The van der Waals surface area contributed by atoms with Crippen LogP contribution >= 0.6 is 0 Å². The van der Waals surface area contributed by atoms with E-state index in [2.05, 4.69) is 16.4 Å². The van der Waals surface area contributed by atoms with Gasteiger partial charge >= 0.3 is 0 Å². The van der Waals surface area contributed by atoms with Crippen molar-refractivity contribution in [3.63, 3.8) is 0 Å². The number of ether oxygens (including phenoxy) is 1. The van der Waals surface area contributed by atoms with Crippen LogP contribution in [0.15, 0.2) is 73.1 Å². The molecule has 1 fully saturated rings. The molecule has 0 radical (unpaired) electrons. The number of amides is 2. The van der Waals surface area contributed by atoms with E-state index in [0.717, 1.165) is 34.4 Å². The number of aromatic nitrogens is 1. The number of carbonyl (C=O) groups is 2. The lowest BCUT2D eigenvalue weighted by molar-refractivity contribution is -0.133. The lowest BCUT2D eigenvalue weighted by Gasteiger charge is -2.17. The Morgan fingerprint density at radius 3 is 2.75 bits per heavy atom. The number of benzene rings is 2. The molecule has 2 amide bonds. The van der Waals surface area contributed by atoms with Crippen molar-refractivity contribution in [2.24, 2.45) is 0 Å². The van der Waals surface area contributed by atoms with Crippen molar-refractivity contribution in [1.29, 1.82) is 0 Å². The van der Waals surface area contributed by atoms with Crippen LogP contribution < -0.4 is 10.1 Å².